The maximum Gasteiger partial charge on any atom is 0.152 e. The number of hydrogen-bond donors (Lipinski definition) is 0. The molecular formula is C21H25OPS. The molecule has 2 aromatic rings. The van der Waals surface area contributed by atoms with E-state index in [1.807, 2.05) is 60.7 Å². The largest absolute Gasteiger partial charge is 0.313 e. The van der Waals surface area contributed by atoms with Crippen molar-refractivity contribution in [1.82, 2.24) is 0 Å². The molecule has 1 fully saturated rings. The maximum atomic E-state index is 13.9. The van der Waals surface area contributed by atoms with Gasteiger partial charge in [0.2, 0.25) is 0 Å². The predicted octanol–water partition coefficient (Wildman–Crippen LogP) is 5.79. The zero-order valence-corrected chi connectivity index (χ0v) is 15.9. The molecule has 126 valence electrons. The van der Waals surface area contributed by atoms with Crippen molar-refractivity contribution < 1.29 is 4.57 Å². The van der Waals surface area contributed by atoms with Crippen LogP contribution in [0.3, 0.4) is 0 Å². The third kappa shape index (κ3) is 4.23. The number of rotatable bonds is 5. The number of allylic oxidation sites excluding steroid dienone is 1. The molecule has 0 amide bonds. The molecule has 0 N–H and O–H groups in total. The number of benzene rings is 2. The van der Waals surface area contributed by atoms with Crippen molar-refractivity contribution in [3.05, 3.63) is 71.6 Å². The summed E-state index contributed by atoms with van der Waals surface area (Å²) in [5.74, 6) is 0.854. The fraction of sp³-hybridized carbons (Fsp3) is 0.333. The monoisotopic (exact) mass is 356 g/mol. The van der Waals surface area contributed by atoms with Gasteiger partial charge in [-0.3, -0.25) is 0 Å². The van der Waals surface area contributed by atoms with Gasteiger partial charge in [0.15, 0.2) is 7.14 Å². The van der Waals surface area contributed by atoms with Crippen molar-refractivity contribution in [2.45, 2.75) is 32.6 Å². The third-order valence-electron chi connectivity index (χ3n) is 4.77. The van der Waals surface area contributed by atoms with Gasteiger partial charge < -0.3 is 4.57 Å². The molecular weight excluding hydrogens is 331 g/mol. The topological polar surface area (TPSA) is 17.1 Å². The Morgan fingerprint density at radius 3 is 1.96 bits per heavy atom. The van der Waals surface area contributed by atoms with Gasteiger partial charge in [-0.15, -0.1) is 11.8 Å². The van der Waals surface area contributed by atoms with Gasteiger partial charge in [0.1, 0.15) is 0 Å². The van der Waals surface area contributed by atoms with E-state index in [4.69, 9.17) is 0 Å². The Bertz CT molecular complexity index is 671. The fourth-order valence-electron chi connectivity index (χ4n) is 3.15. The van der Waals surface area contributed by atoms with Crippen LogP contribution in [0.2, 0.25) is 0 Å². The average Bonchev–Trinajstić information content (AvgIpc) is 2.65. The summed E-state index contributed by atoms with van der Waals surface area (Å²) in [4.78, 5) is 0. The molecule has 0 saturated heterocycles. The molecule has 0 heterocycles. The summed E-state index contributed by atoms with van der Waals surface area (Å²) in [5.41, 5.74) is 2.17. The molecule has 2 aromatic carbocycles. The van der Waals surface area contributed by atoms with Crippen LogP contribution in [-0.2, 0) is 4.57 Å². The molecule has 1 saturated carbocycles. The van der Waals surface area contributed by atoms with Crippen LogP contribution in [0.15, 0.2) is 71.6 Å². The highest BCUT2D eigenvalue weighted by atomic mass is 32.2. The Morgan fingerprint density at radius 2 is 1.46 bits per heavy atom. The summed E-state index contributed by atoms with van der Waals surface area (Å²) in [6.45, 7) is 2.34. The normalized spacial score (nSPS) is 18.4. The Morgan fingerprint density at radius 1 is 0.958 bits per heavy atom. The second-order valence-electron chi connectivity index (χ2n) is 6.67. The van der Waals surface area contributed by atoms with Crippen LogP contribution in [0.4, 0.5) is 0 Å². The zero-order chi connectivity index (χ0) is 16.8. The lowest BCUT2D eigenvalue weighted by Crippen LogP contribution is -2.17. The van der Waals surface area contributed by atoms with Crippen molar-refractivity contribution in [2.75, 3.05) is 5.49 Å². The average molecular weight is 356 g/mol. The van der Waals surface area contributed by atoms with Gasteiger partial charge in [-0.2, -0.15) is 0 Å². The molecule has 1 nitrogen and oxygen atoms in total. The molecule has 0 aliphatic heterocycles. The summed E-state index contributed by atoms with van der Waals surface area (Å²) in [6, 6.07) is 19.9. The van der Waals surface area contributed by atoms with E-state index < -0.39 is 7.14 Å². The Hall–Kier alpha value is -1.24. The van der Waals surface area contributed by atoms with Gasteiger partial charge in [0, 0.05) is 10.6 Å². The van der Waals surface area contributed by atoms with Crippen LogP contribution in [0.25, 0.3) is 0 Å². The Balaban J connectivity index is 1.79. The summed E-state index contributed by atoms with van der Waals surface area (Å²) in [5, 5.41) is 4.20. The standard InChI is InChI=1S/C21H25OPS/c1-18-12-14-19(15-13-18)16-24-17-23(22,20-8-4-2-5-9-20)21-10-6-3-7-11-21/h2-11,16,18H,12-15,17H2,1H3. The molecule has 0 radical (unpaired) electrons. The van der Waals surface area contributed by atoms with E-state index in [1.54, 1.807) is 11.8 Å². The molecule has 24 heavy (non-hydrogen) atoms. The van der Waals surface area contributed by atoms with Crippen LogP contribution in [-0.4, -0.2) is 5.49 Å². The lowest BCUT2D eigenvalue weighted by molar-refractivity contribution is 0.444. The van der Waals surface area contributed by atoms with E-state index in [2.05, 4.69) is 12.3 Å². The second-order valence-corrected chi connectivity index (χ2v) is 10.8. The van der Waals surface area contributed by atoms with Crippen LogP contribution < -0.4 is 10.6 Å². The third-order valence-corrected chi connectivity index (χ3v) is 9.58. The highest BCUT2D eigenvalue weighted by molar-refractivity contribution is 8.10. The van der Waals surface area contributed by atoms with E-state index in [1.165, 1.54) is 31.3 Å². The summed E-state index contributed by atoms with van der Waals surface area (Å²) in [6.07, 6.45) is 4.99. The quantitative estimate of drug-likeness (QED) is 0.631. The first-order valence-corrected chi connectivity index (χ1v) is 11.6. The van der Waals surface area contributed by atoms with E-state index in [-0.39, 0.29) is 0 Å². The fourth-order valence-corrected chi connectivity index (χ4v) is 7.55. The molecule has 1 aliphatic rings. The van der Waals surface area contributed by atoms with Gasteiger partial charge in [-0.25, -0.2) is 0 Å². The molecule has 0 spiro atoms. The number of thioether (sulfide) groups is 1. The summed E-state index contributed by atoms with van der Waals surface area (Å²) >= 11 is 1.73. The smallest absolute Gasteiger partial charge is 0.152 e. The van der Waals surface area contributed by atoms with Crippen molar-refractivity contribution in [3.8, 4) is 0 Å². The first-order chi connectivity index (χ1) is 11.7. The van der Waals surface area contributed by atoms with Crippen molar-refractivity contribution in [3.63, 3.8) is 0 Å². The highest BCUT2D eigenvalue weighted by Crippen LogP contribution is 2.47. The van der Waals surface area contributed by atoms with Crippen LogP contribution >= 0.6 is 18.9 Å². The first-order valence-electron chi connectivity index (χ1n) is 8.68. The Kier molecular flexibility index (Phi) is 6.03. The maximum absolute atomic E-state index is 13.9. The van der Waals surface area contributed by atoms with Crippen LogP contribution in [0, 0.1) is 5.92 Å². The molecule has 3 rings (SSSR count). The molecule has 0 unspecified atom stereocenters. The Labute approximate surface area is 149 Å². The van der Waals surface area contributed by atoms with Gasteiger partial charge in [0.25, 0.3) is 0 Å². The zero-order valence-electron chi connectivity index (χ0n) is 14.2. The number of hydrogen-bond acceptors (Lipinski definition) is 2. The lowest BCUT2D eigenvalue weighted by atomic mass is 9.88. The molecule has 0 atom stereocenters. The minimum absolute atomic E-state index is 0.639. The first kappa shape index (κ1) is 17.6. The van der Waals surface area contributed by atoms with Gasteiger partial charge >= 0.3 is 0 Å². The lowest BCUT2D eigenvalue weighted by Gasteiger charge is -2.21. The molecule has 0 bridgehead atoms. The van der Waals surface area contributed by atoms with Crippen molar-refractivity contribution in [2.24, 2.45) is 5.92 Å². The SMILES string of the molecule is CC1CCC(=CSCP(=O)(c2ccccc2)c2ccccc2)CC1. The van der Waals surface area contributed by atoms with Crippen molar-refractivity contribution in [1.29, 1.82) is 0 Å². The molecule has 1 aliphatic carbocycles. The van der Waals surface area contributed by atoms with Gasteiger partial charge in [0.05, 0.1) is 5.49 Å². The predicted molar refractivity (Wildman–Crippen MR) is 108 cm³/mol. The minimum atomic E-state index is -2.59. The van der Waals surface area contributed by atoms with Crippen LogP contribution in [0.1, 0.15) is 32.6 Å². The summed E-state index contributed by atoms with van der Waals surface area (Å²) < 4.78 is 13.9. The minimum Gasteiger partial charge on any atom is -0.313 e. The van der Waals surface area contributed by atoms with Crippen molar-refractivity contribution >= 4 is 29.5 Å². The molecule has 0 aromatic heterocycles. The van der Waals surface area contributed by atoms with E-state index in [0.29, 0.717) is 5.49 Å². The van der Waals surface area contributed by atoms with Gasteiger partial charge in [-0.1, -0.05) is 73.2 Å². The van der Waals surface area contributed by atoms with Crippen LogP contribution in [0.5, 0.6) is 0 Å². The second kappa shape index (κ2) is 8.23. The van der Waals surface area contributed by atoms with E-state index in [9.17, 15) is 4.57 Å². The van der Waals surface area contributed by atoms with E-state index >= 15 is 0 Å². The van der Waals surface area contributed by atoms with E-state index in [0.717, 1.165) is 16.5 Å². The summed E-state index contributed by atoms with van der Waals surface area (Å²) in [7, 11) is -2.59. The highest BCUT2D eigenvalue weighted by Gasteiger charge is 2.26. The van der Waals surface area contributed by atoms with Gasteiger partial charge in [-0.05, 0) is 37.0 Å². The molecule has 3 heteroatoms.